The van der Waals surface area contributed by atoms with Gasteiger partial charge in [0, 0.05) is 49.9 Å². The zero-order valence-electron chi connectivity index (χ0n) is 30.0. The van der Waals surface area contributed by atoms with Crippen LogP contribution in [0.4, 0.5) is 17.1 Å². The zero-order chi connectivity index (χ0) is 36.6. The number of anilines is 3. The fourth-order valence-corrected chi connectivity index (χ4v) is 7.76. The molecule has 3 heteroatoms. The van der Waals surface area contributed by atoms with Gasteiger partial charge in [-0.2, -0.15) is 0 Å². The first-order valence-corrected chi connectivity index (χ1v) is 18.7. The van der Waals surface area contributed by atoms with Gasteiger partial charge in [0.1, 0.15) is 0 Å². The molecule has 55 heavy (non-hydrogen) atoms. The topological polar surface area (TPSA) is 29.0 Å². The van der Waals surface area contributed by atoms with Crippen LogP contribution < -0.4 is 4.90 Å². The highest BCUT2D eigenvalue weighted by molar-refractivity contribution is 6.23. The Labute approximate surface area is 320 Å². The highest BCUT2D eigenvalue weighted by Gasteiger charge is 2.18. The molecule has 0 radical (unpaired) electrons. The van der Waals surface area contributed by atoms with Crippen LogP contribution in [0.2, 0.25) is 0 Å². The minimum atomic E-state index is 0.931. The van der Waals surface area contributed by atoms with E-state index in [9.17, 15) is 0 Å². The highest BCUT2D eigenvalue weighted by Crippen LogP contribution is 2.42. The van der Waals surface area contributed by atoms with Crippen LogP contribution in [0.15, 0.2) is 212 Å². The lowest BCUT2D eigenvalue weighted by Crippen LogP contribution is -2.09. The first-order chi connectivity index (χ1) is 27.3. The van der Waals surface area contributed by atoms with Crippen molar-refractivity contribution in [1.29, 1.82) is 0 Å². The van der Waals surface area contributed by atoms with E-state index in [1.807, 2.05) is 6.07 Å². The first kappa shape index (κ1) is 32.3. The summed E-state index contributed by atoms with van der Waals surface area (Å²) in [5.41, 5.74) is 12.6. The molecule has 0 saturated heterocycles. The quantitative estimate of drug-likeness (QED) is 0.155. The number of hydrogen-bond acceptors (Lipinski definition) is 3. The van der Waals surface area contributed by atoms with Gasteiger partial charge in [-0.15, -0.1) is 0 Å². The van der Waals surface area contributed by atoms with Gasteiger partial charge in [-0.1, -0.05) is 152 Å². The van der Waals surface area contributed by atoms with Gasteiger partial charge in [0.05, 0.1) is 22.6 Å². The molecular formula is C52H35N3. The average molecular weight is 702 g/mol. The molecule has 0 bridgehead atoms. The Bertz CT molecular complexity index is 2850. The summed E-state index contributed by atoms with van der Waals surface area (Å²) in [6.45, 7) is 0. The molecular weight excluding hydrogens is 667 g/mol. The SMILES string of the molecule is c1ccc(-c2cc(-c3ccccc3)nc(-c3ccc4ccc5c(-c6ccccc6)nc6ccc(N(c7ccccc7)c7ccccc7)cc6c5c4c3)c2)cc1. The number of para-hydroxylation sites is 2. The van der Waals surface area contributed by atoms with Crippen LogP contribution in [-0.2, 0) is 0 Å². The number of benzene rings is 8. The Morgan fingerprint density at radius 1 is 0.309 bits per heavy atom. The third kappa shape index (κ3) is 6.08. The number of rotatable bonds is 7. The lowest BCUT2D eigenvalue weighted by molar-refractivity contribution is 1.29. The van der Waals surface area contributed by atoms with Crippen LogP contribution in [0, 0.1) is 0 Å². The molecule has 10 rings (SSSR count). The molecule has 0 atom stereocenters. The van der Waals surface area contributed by atoms with Crippen LogP contribution in [-0.4, -0.2) is 9.97 Å². The van der Waals surface area contributed by atoms with E-state index in [0.29, 0.717) is 0 Å². The summed E-state index contributed by atoms with van der Waals surface area (Å²) in [5, 5.41) is 5.72. The second kappa shape index (κ2) is 13.9. The van der Waals surface area contributed by atoms with E-state index in [1.165, 1.54) is 10.8 Å². The van der Waals surface area contributed by atoms with Crippen LogP contribution in [0.25, 0.3) is 77.3 Å². The Morgan fingerprint density at radius 3 is 1.49 bits per heavy atom. The van der Waals surface area contributed by atoms with Gasteiger partial charge in [0.25, 0.3) is 0 Å². The van der Waals surface area contributed by atoms with Gasteiger partial charge in [-0.05, 0) is 82.6 Å². The van der Waals surface area contributed by atoms with E-state index >= 15 is 0 Å². The number of hydrogen-bond donors (Lipinski definition) is 0. The van der Waals surface area contributed by atoms with Crippen molar-refractivity contribution >= 4 is 49.5 Å². The summed E-state index contributed by atoms with van der Waals surface area (Å²) in [4.78, 5) is 13.0. The van der Waals surface area contributed by atoms with Crippen LogP contribution in [0.5, 0.6) is 0 Å². The molecule has 0 aliphatic heterocycles. The molecule has 8 aromatic carbocycles. The number of pyridine rings is 2. The van der Waals surface area contributed by atoms with E-state index in [0.717, 1.165) is 83.6 Å². The molecule has 10 aromatic rings. The molecule has 0 spiro atoms. The third-order valence-corrected chi connectivity index (χ3v) is 10.4. The summed E-state index contributed by atoms with van der Waals surface area (Å²) in [7, 11) is 0. The van der Waals surface area contributed by atoms with E-state index in [-0.39, 0.29) is 0 Å². The molecule has 0 fully saturated rings. The molecule has 0 N–H and O–H groups in total. The Balaban J connectivity index is 1.25. The fourth-order valence-electron chi connectivity index (χ4n) is 7.76. The number of nitrogens with zero attached hydrogens (tertiary/aromatic N) is 3. The lowest BCUT2D eigenvalue weighted by Gasteiger charge is -2.26. The van der Waals surface area contributed by atoms with Crippen LogP contribution in [0.1, 0.15) is 0 Å². The maximum Gasteiger partial charge on any atom is 0.0788 e. The molecule has 2 aromatic heterocycles. The third-order valence-electron chi connectivity index (χ3n) is 10.4. The Kier molecular flexibility index (Phi) is 8.16. The van der Waals surface area contributed by atoms with Crippen molar-refractivity contribution in [2.75, 3.05) is 4.90 Å². The summed E-state index contributed by atoms with van der Waals surface area (Å²) >= 11 is 0. The van der Waals surface area contributed by atoms with Crippen molar-refractivity contribution in [3.8, 4) is 44.9 Å². The van der Waals surface area contributed by atoms with E-state index < -0.39 is 0 Å². The maximum absolute atomic E-state index is 5.37. The summed E-state index contributed by atoms with van der Waals surface area (Å²) < 4.78 is 0. The lowest BCUT2D eigenvalue weighted by atomic mass is 9.93. The largest absolute Gasteiger partial charge is 0.310 e. The number of aromatic nitrogens is 2. The van der Waals surface area contributed by atoms with Crippen molar-refractivity contribution in [3.05, 3.63) is 212 Å². The molecule has 0 aliphatic carbocycles. The second-order valence-corrected chi connectivity index (χ2v) is 13.8. The van der Waals surface area contributed by atoms with Gasteiger partial charge >= 0.3 is 0 Å². The van der Waals surface area contributed by atoms with Gasteiger partial charge < -0.3 is 4.90 Å². The van der Waals surface area contributed by atoms with Gasteiger partial charge in [0.15, 0.2) is 0 Å². The predicted octanol–water partition coefficient (Wildman–Crippen LogP) is 14.1. The predicted molar refractivity (Wildman–Crippen MR) is 231 cm³/mol. The van der Waals surface area contributed by atoms with Crippen molar-refractivity contribution < 1.29 is 0 Å². The van der Waals surface area contributed by atoms with E-state index in [2.05, 4.69) is 211 Å². The molecule has 0 unspecified atom stereocenters. The normalized spacial score (nSPS) is 11.3. The van der Waals surface area contributed by atoms with Crippen molar-refractivity contribution in [3.63, 3.8) is 0 Å². The number of fused-ring (bicyclic) bond motifs is 5. The minimum Gasteiger partial charge on any atom is -0.310 e. The zero-order valence-corrected chi connectivity index (χ0v) is 30.0. The minimum absolute atomic E-state index is 0.931. The summed E-state index contributed by atoms with van der Waals surface area (Å²) in [5.74, 6) is 0. The highest BCUT2D eigenvalue weighted by atomic mass is 15.1. The van der Waals surface area contributed by atoms with Crippen LogP contribution >= 0.6 is 0 Å². The summed E-state index contributed by atoms with van der Waals surface area (Å²) in [6, 6.07) is 75.0. The summed E-state index contributed by atoms with van der Waals surface area (Å²) in [6.07, 6.45) is 0. The Hall–Kier alpha value is -7.36. The van der Waals surface area contributed by atoms with Gasteiger partial charge in [-0.25, -0.2) is 9.97 Å². The maximum atomic E-state index is 5.37. The smallest absolute Gasteiger partial charge is 0.0788 e. The molecule has 2 heterocycles. The van der Waals surface area contributed by atoms with Gasteiger partial charge in [0.2, 0.25) is 0 Å². The first-order valence-electron chi connectivity index (χ1n) is 18.7. The monoisotopic (exact) mass is 701 g/mol. The fraction of sp³-hybridized carbons (Fsp3) is 0. The molecule has 0 saturated carbocycles. The molecule has 0 amide bonds. The van der Waals surface area contributed by atoms with Crippen LogP contribution in [0.3, 0.4) is 0 Å². The molecule has 258 valence electrons. The second-order valence-electron chi connectivity index (χ2n) is 13.8. The standard InChI is InChI=1S/C52H35N3/c1-6-16-36(17-7-1)41-33-49(38-18-8-2-9-19-38)53-50(34-41)40-27-26-37-28-30-45-51(46(37)32-40)47-35-44(29-31-48(47)54-52(45)39-20-10-3-11-21-39)55(42-22-12-4-13-23-42)43-24-14-5-15-25-43/h1-35H. The van der Waals surface area contributed by atoms with E-state index in [4.69, 9.17) is 9.97 Å². The average Bonchev–Trinajstić information content (AvgIpc) is 3.27. The molecule has 0 aliphatic rings. The van der Waals surface area contributed by atoms with E-state index in [1.54, 1.807) is 0 Å². The van der Waals surface area contributed by atoms with Crippen molar-refractivity contribution in [2.45, 2.75) is 0 Å². The Morgan fingerprint density at radius 2 is 0.855 bits per heavy atom. The van der Waals surface area contributed by atoms with Crippen molar-refractivity contribution in [2.24, 2.45) is 0 Å². The van der Waals surface area contributed by atoms with Crippen molar-refractivity contribution in [1.82, 2.24) is 9.97 Å². The molecule has 3 nitrogen and oxygen atoms in total. The van der Waals surface area contributed by atoms with Gasteiger partial charge in [-0.3, -0.25) is 0 Å².